The summed E-state index contributed by atoms with van der Waals surface area (Å²) in [5, 5.41) is 9.10. The van der Waals surface area contributed by atoms with Gasteiger partial charge in [0.15, 0.2) is 0 Å². The van der Waals surface area contributed by atoms with E-state index in [1.165, 1.54) is 0 Å². The topological polar surface area (TPSA) is 46.2 Å². The molecule has 0 aliphatic heterocycles. The van der Waals surface area contributed by atoms with E-state index in [0.717, 1.165) is 19.3 Å². The van der Waals surface area contributed by atoms with Crippen molar-refractivity contribution >= 4 is 0 Å². The van der Waals surface area contributed by atoms with Gasteiger partial charge in [-0.2, -0.15) is 0 Å². The standard InChI is InChI=1S/C9H16FNO/c10-7-8(12)6-9(11)4-2-1-3-5-9/h1-2,8,12H,3-7,11H2. The molecule has 2 nitrogen and oxygen atoms in total. The molecule has 0 aromatic rings. The largest absolute Gasteiger partial charge is 0.390 e. The van der Waals surface area contributed by atoms with E-state index in [1.807, 2.05) is 6.08 Å². The first-order chi connectivity index (χ1) is 5.66. The number of halogens is 1. The number of allylic oxidation sites excluding steroid dienone is 1. The van der Waals surface area contributed by atoms with Crippen LogP contribution < -0.4 is 5.73 Å². The van der Waals surface area contributed by atoms with Gasteiger partial charge in [-0.3, -0.25) is 0 Å². The molecule has 70 valence electrons. The Labute approximate surface area is 72.3 Å². The molecule has 2 unspecified atom stereocenters. The van der Waals surface area contributed by atoms with E-state index in [0.29, 0.717) is 6.42 Å². The second kappa shape index (κ2) is 4.01. The molecule has 2 atom stereocenters. The summed E-state index contributed by atoms with van der Waals surface area (Å²) in [5.74, 6) is 0. The molecule has 0 amide bonds. The first-order valence-electron chi connectivity index (χ1n) is 4.34. The van der Waals surface area contributed by atoms with Gasteiger partial charge in [0, 0.05) is 5.54 Å². The van der Waals surface area contributed by atoms with Gasteiger partial charge in [0.1, 0.15) is 6.67 Å². The van der Waals surface area contributed by atoms with E-state index in [4.69, 9.17) is 10.8 Å². The summed E-state index contributed by atoms with van der Waals surface area (Å²) in [5.41, 5.74) is 5.58. The van der Waals surface area contributed by atoms with E-state index in [2.05, 4.69) is 6.08 Å². The van der Waals surface area contributed by atoms with E-state index in [9.17, 15) is 4.39 Å². The average molecular weight is 173 g/mol. The first-order valence-corrected chi connectivity index (χ1v) is 4.34. The van der Waals surface area contributed by atoms with Crippen LogP contribution in [0.4, 0.5) is 4.39 Å². The van der Waals surface area contributed by atoms with Crippen molar-refractivity contribution in [1.29, 1.82) is 0 Å². The molecular weight excluding hydrogens is 157 g/mol. The van der Waals surface area contributed by atoms with Gasteiger partial charge in [0.2, 0.25) is 0 Å². The Balaban J connectivity index is 2.42. The molecule has 1 rings (SSSR count). The van der Waals surface area contributed by atoms with Crippen LogP contribution >= 0.6 is 0 Å². The Bertz CT molecular complexity index is 172. The molecular formula is C9H16FNO. The third-order valence-corrected chi connectivity index (χ3v) is 2.32. The lowest BCUT2D eigenvalue weighted by atomic mass is 9.82. The van der Waals surface area contributed by atoms with E-state index < -0.39 is 12.8 Å². The van der Waals surface area contributed by atoms with Crippen LogP contribution in [0, 0.1) is 0 Å². The molecule has 0 heterocycles. The fraction of sp³-hybridized carbons (Fsp3) is 0.778. The fourth-order valence-corrected chi connectivity index (χ4v) is 1.62. The maximum atomic E-state index is 12.0. The lowest BCUT2D eigenvalue weighted by Crippen LogP contribution is -2.43. The minimum Gasteiger partial charge on any atom is -0.390 e. The van der Waals surface area contributed by atoms with Crippen LogP contribution in [0.1, 0.15) is 25.7 Å². The maximum Gasteiger partial charge on any atom is 0.115 e. The summed E-state index contributed by atoms with van der Waals surface area (Å²) in [6, 6.07) is 0. The van der Waals surface area contributed by atoms with Gasteiger partial charge in [0.25, 0.3) is 0 Å². The zero-order valence-electron chi connectivity index (χ0n) is 7.17. The van der Waals surface area contributed by atoms with Crippen LogP contribution in [0.15, 0.2) is 12.2 Å². The molecule has 0 fully saturated rings. The summed E-state index contributed by atoms with van der Waals surface area (Å²) in [6.07, 6.45) is 6.11. The second-order valence-electron chi connectivity index (χ2n) is 3.59. The summed E-state index contributed by atoms with van der Waals surface area (Å²) >= 11 is 0. The summed E-state index contributed by atoms with van der Waals surface area (Å²) < 4.78 is 12.0. The summed E-state index contributed by atoms with van der Waals surface area (Å²) in [4.78, 5) is 0. The lowest BCUT2D eigenvalue weighted by molar-refractivity contribution is 0.100. The maximum absolute atomic E-state index is 12.0. The smallest absolute Gasteiger partial charge is 0.115 e. The van der Waals surface area contributed by atoms with Crippen LogP contribution in [0.2, 0.25) is 0 Å². The molecule has 0 aromatic heterocycles. The normalized spacial score (nSPS) is 31.9. The molecule has 0 radical (unpaired) electrons. The number of aliphatic hydroxyl groups is 1. The molecule has 1 aliphatic rings. The third-order valence-electron chi connectivity index (χ3n) is 2.32. The van der Waals surface area contributed by atoms with Crippen LogP contribution in [0.5, 0.6) is 0 Å². The third kappa shape index (κ3) is 2.57. The Kier molecular flexibility index (Phi) is 3.23. The van der Waals surface area contributed by atoms with Gasteiger partial charge < -0.3 is 10.8 Å². The number of alkyl halides is 1. The van der Waals surface area contributed by atoms with Crippen molar-refractivity contribution in [2.45, 2.75) is 37.3 Å². The van der Waals surface area contributed by atoms with Crippen LogP contribution in [0.25, 0.3) is 0 Å². The highest BCUT2D eigenvalue weighted by atomic mass is 19.1. The highest BCUT2D eigenvalue weighted by molar-refractivity contribution is 5.01. The van der Waals surface area contributed by atoms with Gasteiger partial charge in [-0.05, 0) is 25.7 Å². The SMILES string of the molecule is NC1(CC(O)CF)CC=CCC1. The van der Waals surface area contributed by atoms with Crippen molar-refractivity contribution in [2.24, 2.45) is 5.73 Å². The summed E-state index contributed by atoms with van der Waals surface area (Å²) in [7, 11) is 0. The Hall–Kier alpha value is -0.410. The number of nitrogens with two attached hydrogens (primary N) is 1. The number of hydrogen-bond donors (Lipinski definition) is 2. The zero-order valence-corrected chi connectivity index (χ0v) is 7.17. The van der Waals surface area contributed by atoms with Crippen molar-refractivity contribution in [1.82, 2.24) is 0 Å². The molecule has 0 saturated heterocycles. The predicted molar refractivity (Wildman–Crippen MR) is 46.5 cm³/mol. The summed E-state index contributed by atoms with van der Waals surface area (Å²) in [6.45, 7) is -0.692. The van der Waals surface area contributed by atoms with Gasteiger partial charge in [-0.15, -0.1) is 0 Å². The molecule has 0 aromatic carbocycles. The predicted octanol–water partition coefficient (Wildman–Crippen LogP) is 1.14. The van der Waals surface area contributed by atoms with Gasteiger partial charge in [-0.25, -0.2) is 4.39 Å². The van der Waals surface area contributed by atoms with Crippen LogP contribution in [-0.4, -0.2) is 23.4 Å². The Morgan fingerprint density at radius 2 is 2.33 bits per heavy atom. The quantitative estimate of drug-likeness (QED) is 0.629. The van der Waals surface area contributed by atoms with Gasteiger partial charge in [0.05, 0.1) is 6.10 Å². The monoisotopic (exact) mass is 173 g/mol. The number of aliphatic hydroxyl groups excluding tert-OH is 1. The van der Waals surface area contributed by atoms with E-state index in [-0.39, 0.29) is 5.54 Å². The molecule has 12 heavy (non-hydrogen) atoms. The second-order valence-corrected chi connectivity index (χ2v) is 3.59. The molecule has 1 aliphatic carbocycles. The highest BCUT2D eigenvalue weighted by Crippen LogP contribution is 2.25. The molecule has 3 heteroatoms. The molecule has 0 bridgehead atoms. The van der Waals surface area contributed by atoms with Gasteiger partial charge >= 0.3 is 0 Å². The Morgan fingerprint density at radius 1 is 1.58 bits per heavy atom. The minimum atomic E-state index is -0.888. The Morgan fingerprint density at radius 3 is 2.83 bits per heavy atom. The van der Waals surface area contributed by atoms with Crippen molar-refractivity contribution in [3.63, 3.8) is 0 Å². The van der Waals surface area contributed by atoms with Crippen molar-refractivity contribution in [3.05, 3.63) is 12.2 Å². The molecule has 0 saturated carbocycles. The van der Waals surface area contributed by atoms with Crippen molar-refractivity contribution in [3.8, 4) is 0 Å². The highest BCUT2D eigenvalue weighted by Gasteiger charge is 2.27. The van der Waals surface area contributed by atoms with Crippen molar-refractivity contribution in [2.75, 3.05) is 6.67 Å². The fourth-order valence-electron chi connectivity index (χ4n) is 1.62. The van der Waals surface area contributed by atoms with Crippen LogP contribution in [-0.2, 0) is 0 Å². The number of rotatable bonds is 3. The minimum absolute atomic E-state index is 0.369. The average Bonchev–Trinajstić information content (AvgIpc) is 2.05. The lowest BCUT2D eigenvalue weighted by Gasteiger charge is -2.31. The van der Waals surface area contributed by atoms with E-state index >= 15 is 0 Å². The van der Waals surface area contributed by atoms with Gasteiger partial charge in [-0.1, -0.05) is 12.2 Å². The van der Waals surface area contributed by atoms with E-state index in [1.54, 1.807) is 0 Å². The zero-order chi connectivity index (χ0) is 9.03. The first kappa shape index (κ1) is 9.68. The van der Waals surface area contributed by atoms with Crippen molar-refractivity contribution < 1.29 is 9.50 Å². The number of hydrogen-bond acceptors (Lipinski definition) is 2. The van der Waals surface area contributed by atoms with Crippen LogP contribution in [0.3, 0.4) is 0 Å². The molecule has 0 spiro atoms. The molecule has 3 N–H and O–H groups in total.